The zero-order valence-electron chi connectivity index (χ0n) is 10.9. The fraction of sp³-hybridized carbons (Fsp3) is 0.0714. The number of likely N-dealkylation sites (N-methyl/N-ethyl adjacent to an activating group) is 1. The molecule has 0 saturated heterocycles. The molecule has 3 rings (SSSR count). The number of carbonyl (C=O) groups is 2. The van der Waals surface area contributed by atoms with Gasteiger partial charge in [-0.05, 0) is 18.2 Å². The molecule has 0 aliphatic carbocycles. The van der Waals surface area contributed by atoms with Gasteiger partial charge in [-0.3, -0.25) is 4.79 Å². The second-order valence-corrected chi connectivity index (χ2v) is 5.42. The van der Waals surface area contributed by atoms with Crippen molar-refractivity contribution in [3.05, 3.63) is 47.0 Å². The third kappa shape index (κ3) is 2.43. The molecule has 0 unspecified atom stereocenters. The zero-order chi connectivity index (χ0) is 15.0. The molecule has 21 heavy (non-hydrogen) atoms. The van der Waals surface area contributed by atoms with Gasteiger partial charge >= 0.3 is 5.97 Å². The Labute approximate surface area is 124 Å². The molecule has 6 nitrogen and oxygen atoms in total. The number of hydrogen-bond acceptors (Lipinski definition) is 5. The molecule has 106 valence electrons. The number of thioether (sulfide) groups is 1. The maximum Gasteiger partial charge on any atom is 0.354 e. The number of hydrogen-bond donors (Lipinski definition) is 1. The molecule has 0 saturated carbocycles. The number of rotatable bonds is 2. The highest BCUT2D eigenvalue weighted by molar-refractivity contribution is 8.04. The molecule has 1 amide bonds. The molecule has 7 heteroatoms. The van der Waals surface area contributed by atoms with Crippen molar-refractivity contribution in [2.45, 2.75) is 4.90 Å². The third-order valence-corrected chi connectivity index (χ3v) is 4.04. The predicted molar refractivity (Wildman–Crippen MR) is 77.1 cm³/mol. The first-order valence-corrected chi connectivity index (χ1v) is 6.82. The van der Waals surface area contributed by atoms with Gasteiger partial charge in [-0.25, -0.2) is 9.78 Å². The van der Waals surface area contributed by atoms with E-state index in [2.05, 4.69) is 4.98 Å². The normalized spacial score (nSPS) is 16.1. The fourth-order valence-electron chi connectivity index (χ4n) is 1.91. The summed E-state index contributed by atoms with van der Waals surface area (Å²) in [5, 5.41) is 9.00. The monoisotopic (exact) mass is 302 g/mol. The molecule has 3 heterocycles. The number of furan rings is 1. The molecular weight excluding hydrogens is 292 g/mol. The molecule has 2 aromatic heterocycles. The highest BCUT2D eigenvalue weighted by atomic mass is 32.2. The maximum atomic E-state index is 12.3. The van der Waals surface area contributed by atoms with E-state index in [1.807, 2.05) is 0 Å². The van der Waals surface area contributed by atoms with Crippen molar-refractivity contribution >= 4 is 35.4 Å². The van der Waals surface area contributed by atoms with Gasteiger partial charge in [0.1, 0.15) is 11.5 Å². The van der Waals surface area contributed by atoms with Crippen molar-refractivity contribution < 1.29 is 19.1 Å². The SMILES string of the molecule is CN1C(=O)/C(=C\c2ccco2)Sc2cc(C(=O)O)ncc21. The van der Waals surface area contributed by atoms with Crippen LogP contribution in [-0.2, 0) is 4.79 Å². The van der Waals surface area contributed by atoms with Gasteiger partial charge in [0.25, 0.3) is 5.91 Å². The average molecular weight is 302 g/mol. The summed E-state index contributed by atoms with van der Waals surface area (Å²) in [6.07, 6.45) is 4.55. The van der Waals surface area contributed by atoms with Gasteiger partial charge in [0.05, 0.1) is 23.1 Å². The van der Waals surface area contributed by atoms with Gasteiger partial charge in [0.15, 0.2) is 0 Å². The van der Waals surface area contributed by atoms with Crippen LogP contribution in [0.25, 0.3) is 6.08 Å². The minimum absolute atomic E-state index is 0.0543. The van der Waals surface area contributed by atoms with Crippen molar-refractivity contribution in [2.75, 3.05) is 11.9 Å². The number of amides is 1. The van der Waals surface area contributed by atoms with Gasteiger partial charge in [0, 0.05) is 18.0 Å². The van der Waals surface area contributed by atoms with Crippen LogP contribution in [0.4, 0.5) is 5.69 Å². The number of aromatic nitrogens is 1. The predicted octanol–water partition coefficient (Wildman–Crippen LogP) is 2.48. The minimum Gasteiger partial charge on any atom is -0.477 e. The second-order valence-electron chi connectivity index (χ2n) is 4.33. The molecule has 0 aromatic carbocycles. The molecule has 1 N–H and O–H groups in total. The molecule has 0 atom stereocenters. The average Bonchev–Trinajstić information content (AvgIpc) is 2.97. The van der Waals surface area contributed by atoms with E-state index >= 15 is 0 Å². The summed E-state index contributed by atoms with van der Waals surface area (Å²) < 4.78 is 5.20. The minimum atomic E-state index is -1.10. The number of carboxylic acids is 1. The van der Waals surface area contributed by atoms with Crippen molar-refractivity contribution in [1.82, 2.24) is 4.98 Å². The van der Waals surface area contributed by atoms with Crippen LogP contribution in [0.5, 0.6) is 0 Å². The molecule has 0 bridgehead atoms. The van der Waals surface area contributed by atoms with Gasteiger partial charge in [-0.15, -0.1) is 0 Å². The second kappa shape index (κ2) is 5.10. The van der Waals surface area contributed by atoms with Crippen LogP contribution >= 0.6 is 11.8 Å². The van der Waals surface area contributed by atoms with E-state index in [0.29, 0.717) is 21.2 Å². The molecule has 1 aliphatic rings. The summed E-state index contributed by atoms with van der Waals surface area (Å²) in [4.78, 5) is 29.7. The lowest BCUT2D eigenvalue weighted by molar-refractivity contribution is -0.114. The molecule has 0 radical (unpaired) electrons. The highest BCUT2D eigenvalue weighted by Gasteiger charge is 2.28. The van der Waals surface area contributed by atoms with E-state index in [-0.39, 0.29) is 11.6 Å². The van der Waals surface area contributed by atoms with Gasteiger partial charge in [0.2, 0.25) is 0 Å². The molecule has 1 aliphatic heterocycles. The van der Waals surface area contributed by atoms with Crippen LogP contribution in [0.2, 0.25) is 0 Å². The summed E-state index contributed by atoms with van der Waals surface area (Å²) in [6.45, 7) is 0. The summed E-state index contributed by atoms with van der Waals surface area (Å²) >= 11 is 1.21. The van der Waals surface area contributed by atoms with E-state index in [9.17, 15) is 9.59 Å². The fourth-order valence-corrected chi connectivity index (χ4v) is 3.01. The summed E-state index contributed by atoms with van der Waals surface area (Å²) in [6, 6.07) is 4.93. The highest BCUT2D eigenvalue weighted by Crippen LogP contribution is 2.41. The van der Waals surface area contributed by atoms with Crippen molar-refractivity contribution in [3.63, 3.8) is 0 Å². The Hall–Kier alpha value is -2.54. The van der Waals surface area contributed by atoms with Crippen LogP contribution in [0.1, 0.15) is 16.2 Å². The zero-order valence-corrected chi connectivity index (χ0v) is 11.8. The van der Waals surface area contributed by atoms with Gasteiger partial charge in [-0.1, -0.05) is 11.8 Å². The summed E-state index contributed by atoms with van der Waals surface area (Å²) in [7, 11) is 1.62. The Morgan fingerprint density at radius 2 is 2.33 bits per heavy atom. The number of nitrogens with zero attached hydrogens (tertiary/aromatic N) is 2. The molecule has 0 spiro atoms. The Bertz CT molecular complexity index is 752. The standard InChI is InChI=1S/C14H10N2O4S/c1-16-10-7-15-9(14(18)19)6-11(10)21-12(13(16)17)5-8-3-2-4-20-8/h2-7H,1H3,(H,18,19)/b12-5+. The van der Waals surface area contributed by atoms with Crippen LogP contribution in [0, 0.1) is 0 Å². The first kappa shape index (κ1) is 13.4. The van der Waals surface area contributed by atoms with E-state index < -0.39 is 5.97 Å². The van der Waals surface area contributed by atoms with Gasteiger partial charge in [-0.2, -0.15) is 0 Å². The Balaban J connectivity index is 2.04. The largest absolute Gasteiger partial charge is 0.477 e. The van der Waals surface area contributed by atoms with E-state index in [0.717, 1.165) is 0 Å². The van der Waals surface area contributed by atoms with Crippen molar-refractivity contribution in [3.8, 4) is 0 Å². The number of anilines is 1. The van der Waals surface area contributed by atoms with E-state index in [1.165, 1.54) is 35.2 Å². The number of aromatic carboxylic acids is 1. The van der Waals surface area contributed by atoms with Gasteiger partial charge < -0.3 is 14.4 Å². The quantitative estimate of drug-likeness (QED) is 0.858. The van der Waals surface area contributed by atoms with Crippen LogP contribution in [-0.4, -0.2) is 29.0 Å². The smallest absolute Gasteiger partial charge is 0.354 e. The van der Waals surface area contributed by atoms with Crippen molar-refractivity contribution in [2.24, 2.45) is 0 Å². The Morgan fingerprint density at radius 1 is 1.52 bits per heavy atom. The Kier molecular flexibility index (Phi) is 3.26. The first-order chi connectivity index (χ1) is 10.1. The van der Waals surface area contributed by atoms with Crippen LogP contribution < -0.4 is 4.90 Å². The van der Waals surface area contributed by atoms with Crippen LogP contribution in [0.15, 0.2) is 44.9 Å². The Morgan fingerprint density at radius 3 is 3.00 bits per heavy atom. The van der Waals surface area contributed by atoms with E-state index in [1.54, 1.807) is 25.3 Å². The maximum absolute atomic E-state index is 12.3. The molecule has 0 fully saturated rings. The first-order valence-electron chi connectivity index (χ1n) is 6.00. The van der Waals surface area contributed by atoms with Crippen molar-refractivity contribution in [1.29, 1.82) is 0 Å². The lowest BCUT2D eigenvalue weighted by atomic mass is 10.3. The summed E-state index contributed by atoms with van der Waals surface area (Å²) in [5.41, 5.74) is 0.535. The lowest BCUT2D eigenvalue weighted by Gasteiger charge is -2.26. The summed E-state index contributed by atoms with van der Waals surface area (Å²) in [5.74, 6) is -0.724. The number of pyridine rings is 1. The molecular formula is C14H10N2O4S. The number of carbonyl (C=O) groups excluding carboxylic acids is 1. The topological polar surface area (TPSA) is 83.6 Å². The number of carboxylic acid groups (broad SMARTS) is 1. The van der Waals surface area contributed by atoms with Crippen LogP contribution in [0.3, 0.4) is 0 Å². The molecule has 2 aromatic rings. The third-order valence-electron chi connectivity index (χ3n) is 2.98. The lowest BCUT2D eigenvalue weighted by Crippen LogP contribution is -2.30. The number of fused-ring (bicyclic) bond motifs is 1. The van der Waals surface area contributed by atoms with E-state index in [4.69, 9.17) is 9.52 Å².